The minimum atomic E-state index is -0.874. The largest absolute Gasteiger partial charge is 0.481 e. The number of ether oxygens (including phenoxy) is 1. The fourth-order valence-electron chi connectivity index (χ4n) is 2.19. The lowest BCUT2D eigenvalue weighted by Gasteiger charge is -2.31. The van der Waals surface area contributed by atoms with Crippen molar-refractivity contribution < 1.29 is 24.0 Å². The first kappa shape index (κ1) is 15.5. The van der Waals surface area contributed by atoms with E-state index >= 15 is 0 Å². The first-order chi connectivity index (χ1) is 10.0. The molecule has 0 aliphatic carbocycles. The summed E-state index contributed by atoms with van der Waals surface area (Å²) in [6.45, 7) is 4.03. The number of morpholine rings is 1. The summed E-state index contributed by atoms with van der Waals surface area (Å²) in [5, 5.41) is 15.1. The number of nitrogens with one attached hydrogen (secondary N) is 1. The lowest BCUT2D eigenvalue weighted by molar-refractivity contribution is -0.142. The molecule has 1 saturated heterocycles. The molecule has 1 aliphatic heterocycles. The van der Waals surface area contributed by atoms with Gasteiger partial charge in [0.25, 0.3) is 0 Å². The molecule has 21 heavy (non-hydrogen) atoms. The quantitative estimate of drug-likeness (QED) is 0.787. The second-order valence-corrected chi connectivity index (χ2v) is 5.01. The number of aryl methyl sites for hydroxylation is 1. The van der Waals surface area contributed by atoms with Crippen LogP contribution < -0.4 is 5.32 Å². The number of hydrogen-bond donors (Lipinski definition) is 2. The van der Waals surface area contributed by atoms with E-state index in [1.54, 1.807) is 13.0 Å². The topological polar surface area (TPSA) is 105 Å². The molecule has 0 spiro atoms. The fourth-order valence-corrected chi connectivity index (χ4v) is 2.19. The molecule has 1 atom stereocenters. The standard InChI is InChI=1S/C13H19N3O5/c1-9-6-11(15-21-9)14-12(17)2-3-16-4-5-20-10(8-16)7-13(18)19/h6,10H,2-5,7-8H2,1H3,(H,18,19)(H,14,15,17). The van der Waals surface area contributed by atoms with Gasteiger partial charge in [-0.3, -0.25) is 14.5 Å². The molecular weight excluding hydrogens is 278 g/mol. The van der Waals surface area contributed by atoms with E-state index in [1.807, 2.05) is 4.90 Å². The minimum absolute atomic E-state index is 0.0130. The van der Waals surface area contributed by atoms with Crippen LogP contribution in [0.3, 0.4) is 0 Å². The molecule has 1 aliphatic rings. The Bertz CT molecular complexity index is 502. The van der Waals surface area contributed by atoms with Gasteiger partial charge in [-0.25, -0.2) is 0 Å². The van der Waals surface area contributed by atoms with Crippen LogP contribution in [0.5, 0.6) is 0 Å². The first-order valence-electron chi connectivity index (χ1n) is 6.82. The third kappa shape index (κ3) is 5.16. The van der Waals surface area contributed by atoms with Crippen molar-refractivity contribution in [2.75, 3.05) is 31.6 Å². The Morgan fingerprint density at radius 2 is 2.38 bits per heavy atom. The number of carbonyl (C=O) groups excluding carboxylic acids is 1. The monoisotopic (exact) mass is 297 g/mol. The second kappa shape index (κ2) is 7.19. The van der Waals surface area contributed by atoms with Crippen LogP contribution in [-0.4, -0.2) is 59.4 Å². The molecule has 2 rings (SSSR count). The van der Waals surface area contributed by atoms with Gasteiger partial charge in [-0.15, -0.1) is 0 Å². The Balaban J connectivity index is 1.72. The summed E-state index contributed by atoms with van der Waals surface area (Å²) in [7, 11) is 0. The van der Waals surface area contributed by atoms with Gasteiger partial charge in [-0.2, -0.15) is 0 Å². The number of carboxylic acid groups (broad SMARTS) is 1. The van der Waals surface area contributed by atoms with Gasteiger partial charge >= 0.3 is 5.97 Å². The number of aliphatic carboxylic acids is 1. The predicted octanol–water partition coefficient (Wildman–Crippen LogP) is 0.487. The Morgan fingerprint density at radius 1 is 1.57 bits per heavy atom. The van der Waals surface area contributed by atoms with Crippen molar-refractivity contribution in [3.05, 3.63) is 11.8 Å². The van der Waals surface area contributed by atoms with Crippen molar-refractivity contribution in [1.29, 1.82) is 0 Å². The average molecular weight is 297 g/mol. The first-order valence-corrected chi connectivity index (χ1v) is 6.82. The van der Waals surface area contributed by atoms with E-state index in [0.29, 0.717) is 44.2 Å². The van der Waals surface area contributed by atoms with Crippen molar-refractivity contribution in [1.82, 2.24) is 10.1 Å². The van der Waals surface area contributed by atoms with Crippen LogP contribution in [0, 0.1) is 6.92 Å². The van der Waals surface area contributed by atoms with Crippen LogP contribution in [0.1, 0.15) is 18.6 Å². The van der Waals surface area contributed by atoms with E-state index in [9.17, 15) is 9.59 Å². The van der Waals surface area contributed by atoms with Crippen molar-refractivity contribution >= 4 is 17.7 Å². The van der Waals surface area contributed by atoms with Crippen LogP contribution >= 0.6 is 0 Å². The second-order valence-electron chi connectivity index (χ2n) is 5.01. The Labute approximate surface area is 122 Å². The number of rotatable bonds is 6. The number of carboxylic acids is 1. The maximum absolute atomic E-state index is 11.8. The van der Waals surface area contributed by atoms with Crippen LogP contribution in [-0.2, 0) is 14.3 Å². The average Bonchev–Trinajstić information content (AvgIpc) is 2.81. The SMILES string of the molecule is Cc1cc(NC(=O)CCN2CCOC(CC(=O)O)C2)no1. The van der Waals surface area contributed by atoms with E-state index in [1.165, 1.54) is 0 Å². The van der Waals surface area contributed by atoms with Crippen LogP contribution in [0.15, 0.2) is 10.6 Å². The maximum atomic E-state index is 11.8. The molecule has 1 fully saturated rings. The molecule has 0 bridgehead atoms. The normalized spacial score (nSPS) is 19.4. The van der Waals surface area contributed by atoms with Crippen molar-refractivity contribution in [2.24, 2.45) is 0 Å². The van der Waals surface area contributed by atoms with E-state index in [-0.39, 0.29) is 18.4 Å². The number of nitrogens with zero attached hydrogens (tertiary/aromatic N) is 2. The fraction of sp³-hybridized carbons (Fsp3) is 0.615. The molecule has 2 N–H and O–H groups in total. The molecule has 0 aromatic carbocycles. The van der Waals surface area contributed by atoms with Gasteiger partial charge in [-0.1, -0.05) is 5.16 Å². The van der Waals surface area contributed by atoms with E-state index in [4.69, 9.17) is 14.4 Å². The smallest absolute Gasteiger partial charge is 0.306 e. The van der Waals surface area contributed by atoms with Gasteiger partial charge in [0.1, 0.15) is 5.76 Å². The summed E-state index contributed by atoms with van der Waals surface area (Å²) in [6.07, 6.45) is -0.00964. The Kier molecular flexibility index (Phi) is 5.29. The molecule has 1 amide bonds. The number of hydrogen-bond acceptors (Lipinski definition) is 6. The summed E-state index contributed by atoms with van der Waals surface area (Å²) < 4.78 is 10.2. The summed E-state index contributed by atoms with van der Waals surface area (Å²) in [6, 6.07) is 1.65. The van der Waals surface area contributed by atoms with Gasteiger partial charge in [-0.05, 0) is 6.92 Å². The van der Waals surface area contributed by atoms with Crippen molar-refractivity contribution in [2.45, 2.75) is 25.9 Å². The highest BCUT2D eigenvalue weighted by atomic mass is 16.5. The minimum Gasteiger partial charge on any atom is -0.481 e. The zero-order chi connectivity index (χ0) is 15.2. The molecule has 8 nitrogen and oxygen atoms in total. The van der Waals surface area contributed by atoms with Gasteiger partial charge < -0.3 is 19.7 Å². The van der Waals surface area contributed by atoms with Gasteiger partial charge in [0.15, 0.2) is 5.82 Å². The predicted molar refractivity (Wildman–Crippen MR) is 72.9 cm³/mol. The van der Waals surface area contributed by atoms with Gasteiger partial charge in [0, 0.05) is 32.1 Å². The molecular formula is C13H19N3O5. The zero-order valence-electron chi connectivity index (χ0n) is 11.9. The summed E-state index contributed by atoms with van der Waals surface area (Å²) in [4.78, 5) is 24.5. The molecule has 1 unspecified atom stereocenters. The van der Waals surface area contributed by atoms with Gasteiger partial charge in [0.2, 0.25) is 5.91 Å². The van der Waals surface area contributed by atoms with Crippen LogP contribution in [0.2, 0.25) is 0 Å². The third-order valence-electron chi connectivity index (χ3n) is 3.18. The highest BCUT2D eigenvalue weighted by Gasteiger charge is 2.23. The van der Waals surface area contributed by atoms with Crippen LogP contribution in [0.25, 0.3) is 0 Å². The lowest BCUT2D eigenvalue weighted by Crippen LogP contribution is -2.44. The number of anilines is 1. The van der Waals surface area contributed by atoms with Crippen molar-refractivity contribution in [3.8, 4) is 0 Å². The molecule has 2 heterocycles. The molecule has 1 aromatic rings. The Morgan fingerprint density at radius 3 is 3.05 bits per heavy atom. The summed E-state index contributed by atoms with van der Waals surface area (Å²) in [5.74, 6) is 0.0174. The molecule has 8 heteroatoms. The number of amides is 1. The molecule has 0 radical (unpaired) electrons. The lowest BCUT2D eigenvalue weighted by atomic mass is 10.2. The summed E-state index contributed by atoms with van der Waals surface area (Å²) >= 11 is 0. The number of carbonyl (C=O) groups is 2. The highest BCUT2D eigenvalue weighted by molar-refractivity contribution is 5.89. The zero-order valence-corrected chi connectivity index (χ0v) is 11.9. The van der Waals surface area contributed by atoms with Gasteiger partial charge in [0.05, 0.1) is 19.1 Å². The summed E-state index contributed by atoms with van der Waals surface area (Å²) in [5.41, 5.74) is 0. The Hall–Kier alpha value is -1.93. The van der Waals surface area contributed by atoms with E-state index in [2.05, 4.69) is 10.5 Å². The van der Waals surface area contributed by atoms with E-state index < -0.39 is 5.97 Å². The van der Waals surface area contributed by atoms with E-state index in [0.717, 1.165) is 0 Å². The molecule has 0 saturated carbocycles. The third-order valence-corrected chi connectivity index (χ3v) is 3.18. The molecule has 1 aromatic heterocycles. The highest BCUT2D eigenvalue weighted by Crippen LogP contribution is 2.10. The van der Waals surface area contributed by atoms with Crippen LogP contribution in [0.4, 0.5) is 5.82 Å². The number of aromatic nitrogens is 1. The van der Waals surface area contributed by atoms with Crippen molar-refractivity contribution in [3.63, 3.8) is 0 Å². The molecule has 116 valence electrons. The maximum Gasteiger partial charge on any atom is 0.306 e.